The van der Waals surface area contributed by atoms with Crippen LogP contribution in [0.3, 0.4) is 0 Å². The quantitative estimate of drug-likeness (QED) is 0.0873. The fraction of sp³-hybridized carbons (Fsp3) is 0.636. The maximum Gasteiger partial charge on any atom is 0.254 e. The third-order valence-electron chi connectivity index (χ3n) is 21.9. The van der Waals surface area contributed by atoms with Gasteiger partial charge in [-0.2, -0.15) is 0 Å². The molecule has 4 amide bonds. The molecule has 0 atom stereocenters. The number of benzene rings is 6. The fourth-order valence-electron chi connectivity index (χ4n) is 14.0. The van der Waals surface area contributed by atoms with Crippen LogP contribution in [0.1, 0.15) is 459 Å². The minimum absolute atomic E-state index is 0.0118. The molecule has 0 aromatic heterocycles. The van der Waals surface area contributed by atoms with Crippen LogP contribution in [0.5, 0.6) is 5.75 Å². The number of ether oxygens (including phenoxy) is 2. The molecule has 6 aromatic rings. The molecule has 0 bridgehead atoms. The highest BCUT2D eigenvalue weighted by atomic mass is 16.7. The highest BCUT2D eigenvalue weighted by Crippen LogP contribution is 2.38. The molecule has 0 aliphatic carbocycles. The van der Waals surface area contributed by atoms with Crippen molar-refractivity contribution in [3.05, 3.63) is 204 Å². The number of carbonyl (C=O) groups is 4. The van der Waals surface area contributed by atoms with E-state index in [0.29, 0.717) is 48.8 Å². The monoisotopic (exact) mass is 1670 g/mol. The summed E-state index contributed by atoms with van der Waals surface area (Å²) in [7, 11) is 5.42. The summed E-state index contributed by atoms with van der Waals surface area (Å²) in [5, 5.41) is 6.12. The normalized spacial score (nSPS) is 13.4. The predicted molar refractivity (Wildman–Crippen MR) is 524 cm³/mol. The number of amides is 4. The molecule has 1 heterocycles. The third kappa shape index (κ3) is 37.7. The standard InChI is InChI=1S/C20H33NO.2C19H31NO.C19H31N.C18H29NO.C15H24O2/c1-14(2)15-10-11-16(17(12-15)20(6,7)8)18(22)21(9)13-19(3,4)5;1-13(2)14-10-11-15(16(12-14)18(3,4)5)17(21)20(9)19(6,7)8;1-13(2)14-9-10-15(16(11-14)19(6,7)8)17(21)20-12-18(3,4)5;1-15(2)17-11-16(12-18(13-17)19(3,4)5)14-20-9-7-6-8-10-20;1-12(2)13-9-10-14(15(11-13)17(3,4)5)16(20)19-18(6,7)8;1-11(2)12-7-8-14(17-10-16-6)13(9-12)15(3,4)5/h10-12,14H,13H2,1-9H3;10-13H,1-9H3;9-11,13H,12H2,1-8H3,(H,20,21);11-13,15H,6-10,14H2,1-5H3;9-12H,1-8H3,(H,19,20);7-9,11H,10H2,1-6H3. The molecule has 0 saturated carbocycles. The van der Waals surface area contributed by atoms with Crippen molar-refractivity contribution in [3.8, 4) is 5.75 Å². The Hall–Kier alpha value is -7.08. The molecule has 680 valence electrons. The second-order valence-corrected chi connectivity index (χ2v) is 47.0. The number of nitrogens with zero attached hydrogens (tertiary/aromatic N) is 3. The first-order valence-corrected chi connectivity index (χ1v) is 45.6. The molecule has 2 N–H and O–H groups in total. The molecule has 11 nitrogen and oxygen atoms in total. The third-order valence-corrected chi connectivity index (χ3v) is 21.9. The van der Waals surface area contributed by atoms with Crippen LogP contribution in [0.2, 0.25) is 0 Å². The number of rotatable bonds is 17. The number of carbonyl (C=O) groups excluding carboxylic acids is 4. The van der Waals surface area contributed by atoms with E-state index in [4.69, 9.17) is 9.47 Å². The molecule has 121 heavy (non-hydrogen) atoms. The van der Waals surface area contributed by atoms with Crippen molar-refractivity contribution in [2.24, 2.45) is 10.8 Å². The minimum atomic E-state index is -0.219. The van der Waals surface area contributed by atoms with Gasteiger partial charge < -0.3 is 29.9 Å². The largest absolute Gasteiger partial charge is 0.467 e. The Morgan fingerprint density at radius 3 is 1.04 bits per heavy atom. The number of methoxy groups -OCH3 is 1. The van der Waals surface area contributed by atoms with Gasteiger partial charge in [0, 0.05) is 74.2 Å². The number of likely N-dealkylation sites (tertiary alicyclic amines) is 1. The van der Waals surface area contributed by atoms with Crippen LogP contribution in [0.25, 0.3) is 0 Å². The van der Waals surface area contributed by atoms with Crippen LogP contribution in [0.4, 0.5) is 0 Å². The molecule has 11 heteroatoms. The van der Waals surface area contributed by atoms with E-state index < -0.39 is 0 Å². The summed E-state index contributed by atoms with van der Waals surface area (Å²) >= 11 is 0. The van der Waals surface area contributed by atoms with Crippen molar-refractivity contribution in [3.63, 3.8) is 0 Å². The van der Waals surface area contributed by atoms with Gasteiger partial charge in [-0.05, 0) is 249 Å². The second kappa shape index (κ2) is 45.2. The van der Waals surface area contributed by atoms with Crippen LogP contribution in [-0.4, -0.2) is 104 Å². The Balaban J connectivity index is 0.000000493. The Bertz CT molecular complexity index is 4240. The Labute approximate surface area is 743 Å². The van der Waals surface area contributed by atoms with Gasteiger partial charge in [-0.25, -0.2) is 0 Å². The van der Waals surface area contributed by atoms with Crippen molar-refractivity contribution in [2.45, 2.75) is 396 Å². The molecule has 0 spiro atoms. The lowest BCUT2D eigenvalue weighted by molar-refractivity contribution is 0.0498. The molecule has 1 saturated heterocycles. The lowest BCUT2D eigenvalue weighted by Gasteiger charge is -2.34. The summed E-state index contributed by atoms with van der Waals surface area (Å²) in [6.45, 7) is 96.4. The van der Waals surface area contributed by atoms with Gasteiger partial charge in [-0.3, -0.25) is 24.1 Å². The summed E-state index contributed by atoms with van der Waals surface area (Å²) in [5.74, 6) is 4.20. The number of piperidine rings is 1. The lowest BCUT2D eigenvalue weighted by atomic mass is 9.81. The second-order valence-electron chi connectivity index (χ2n) is 47.0. The fourth-order valence-corrected chi connectivity index (χ4v) is 14.0. The predicted octanol–water partition coefficient (Wildman–Crippen LogP) is 28.9. The summed E-state index contributed by atoms with van der Waals surface area (Å²) in [6, 6.07) is 38.8. The van der Waals surface area contributed by atoms with Gasteiger partial charge in [0.15, 0.2) is 6.79 Å². The topological polar surface area (TPSA) is 121 Å². The maximum absolute atomic E-state index is 12.9. The first kappa shape index (κ1) is 110. The van der Waals surface area contributed by atoms with Crippen molar-refractivity contribution >= 4 is 23.6 Å². The van der Waals surface area contributed by atoms with E-state index in [1.54, 1.807) is 7.11 Å². The van der Waals surface area contributed by atoms with E-state index >= 15 is 0 Å². The van der Waals surface area contributed by atoms with Gasteiger partial charge in [0.1, 0.15) is 5.75 Å². The van der Waals surface area contributed by atoms with Gasteiger partial charge in [-0.15, -0.1) is 0 Å². The van der Waals surface area contributed by atoms with Crippen molar-refractivity contribution < 1.29 is 28.7 Å². The average Bonchev–Trinajstić information content (AvgIpc) is 0.803. The Morgan fingerprint density at radius 2 is 0.719 bits per heavy atom. The number of hydrogen-bond donors (Lipinski definition) is 2. The molecule has 7 rings (SSSR count). The van der Waals surface area contributed by atoms with E-state index in [9.17, 15) is 19.2 Å². The van der Waals surface area contributed by atoms with Crippen molar-refractivity contribution in [2.75, 3.05) is 54.2 Å². The molecular weight excluding hydrogens is 1490 g/mol. The van der Waals surface area contributed by atoms with Gasteiger partial charge in [0.25, 0.3) is 23.6 Å². The van der Waals surface area contributed by atoms with Crippen LogP contribution < -0.4 is 15.4 Å². The maximum atomic E-state index is 12.9. The van der Waals surface area contributed by atoms with Gasteiger partial charge in [0.05, 0.1) is 0 Å². The average molecular weight is 1670 g/mol. The molecule has 6 aromatic carbocycles. The van der Waals surface area contributed by atoms with E-state index in [2.05, 4.69) is 370 Å². The van der Waals surface area contributed by atoms with Crippen LogP contribution >= 0.6 is 0 Å². The van der Waals surface area contributed by atoms with Crippen LogP contribution in [-0.2, 0) is 43.8 Å². The molecular formula is C110H179N5O6. The zero-order chi connectivity index (χ0) is 93.8. The van der Waals surface area contributed by atoms with Crippen LogP contribution in [0.15, 0.2) is 109 Å². The summed E-state index contributed by atoms with van der Waals surface area (Å²) in [6.07, 6.45) is 4.15. The van der Waals surface area contributed by atoms with Gasteiger partial charge in [0.2, 0.25) is 0 Å². The minimum Gasteiger partial charge on any atom is -0.467 e. The van der Waals surface area contributed by atoms with E-state index in [1.807, 2.05) is 68.9 Å². The Kier molecular flexibility index (Phi) is 41.1. The smallest absolute Gasteiger partial charge is 0.254 e. The number of hydrogen-bond acceptors (Lipinski definition) is 7. The highest BCUT2D eigenvalue weighted by Gasteiger charge is 2.32. The molecule has 0 radical (unpaired) electrons. The van der Waals surface area contributed by atoms with Crippen molar-refractivity contribution in [1.29, 1.82) is 0 Å². The highest BCUT2D eigenvalue weighted by molar-refractivity contribution is 5.98. The van der Waals surface area contributed by atoms with E-state index in [-0.39, 0.29) is 78.0 Å². The molecule has 1 fully saturated rings. The van der Waals surface area contributed by atoms with E-state index in [0.717, 1.165) is 63.3 Å². The van der Waals surface area contributed by atoms with Crippen LogP contribution in [0, 0.1) is 10.8 Å². The van der Waals surface area contributed by atoms with E-state index in [1.165, 1.54) is 82.4 Å². The SMILES string of the molecule is CC(C)c1cc(CN2CCCCC2)cc(C(C)(C)C)c1.CC(C)c1ccc(C(=O)N(C)C(C)(C)C)c(C(C)(C)C)c1.CC(C)c1ccc(C(=O)N(C)CC(C)(C)C)c(C(C)(C)C)c1.CC(C)c1ccc(C(=O)NC(C)(C)C)c(C(C)(C)C)c1.CC(C)c1ccc(C(=O)NCC(C)(C)C)c(C(C)(C)C)c1.COCOc1ccc(C(C)C)cc1C(C)(C)C. The lowest BCUT2D eigenvalue weighted by Crippen LogP contribution is -2.43. The zero-order valence-electron chi connectivity index (χ0n) is 86.0. The first-order chi connectivity index (χ1) is 54.7. The Morgan fingerprint density at radius 1 is 0.380 bits per heavy atom. The summed E-state index contributed by atoms with van der Waals surface area (Å²) in [4.78, 5) is 57.1. The van der Waals surface area contributed by atoms with Gasteiger partial charge >= 0.3 is 0 Å². The molecule has 1 aliphatic rings. The first-order valence-electron chi connectivity index (χ1n) is 45.6. The van der Waals surface area contributed by atoms with Gasteiger partial charge in [-0.1, -0.05) is 335 Å². The summed E-state index contributed by atoms with van der Waals surface area (Å²) < 4.78 is 10.6. The summed E-state index contributed by atoms with van der Waals surface area (Å²) in [5.41, 5.74) is 19.9. The number of nitrogens with one attached hydrogen (secondary N) is 2. The zero-order valence-corrected chi connectivity index (χ0v) is 86.0. The van der Waals surface area contributed by atoms with Crippen molar-refractivity contribution in [1.82, 2.24) is 25.3 Å². The molecule has 1 aliphatic heterocycles. The molecule has 0 unspecified atom stereocenters.